The van der Waals surface area contributed by atoms with Gasteiger partial charge in [0.2, 0.25) is 0 Å². The fraction of sp³-hybridized carbons (Fsp3) is 0.167. The first-order chi connectivity index (χ1) is 6.36. The van der Waals surface area contributed by atoms with Crippen molar-refractivity contribution in [3.8, 4) is 0 Å². The summed E-state index contributed by atoms with van der Waals surface area (Å²) in [6, 6.07) is 8.56. The lowest BCUT2D eigenvalue weighted by atomic mass is 10.1. The van der Waals surface area contributed by atoms with Gasteiger partial charge in [-0.3, -0.25) is 0 Å². The Bertz CT molecular complexity index is 344. The Morgan fingerprint density at radius 2 is 1.92 bits per heavy atom. The zero-order valence-electron chi connectivity index (χ0n) is 7.75. The highest BCUT2D eigenvalue weighted by molar-refractivity contribution is 5.66. The standard InChI is InChI=1S/C12H13N/c1-10-5-7-11(8-6-10)12-4-2-3-9-13-12/h2-8,13H,9H2,1H3. The van der Waals surface area contributed by atoms with Crippen LogP contribution in [0.2, 0.25) is 0 Å². The summed E-state index contributed by atoms with van der Waals surface area (Å²) in [4.78, 5) is 0. The molecule has 1 N–H and O–H groups in total. The van der Waals surface area contributed by atoms with E-state index in [1.165, 1.54) is 16.8 Å². The summed E-state index contributed by atoms with van der Waals surface area (Å²) in [6.07, 6.45) is 6.30. The van der Waals surface area contributed by atoms with Crippen molar-refractivity contribution in [2.45, 2.75) is 6.92 Å². The van der Waals surface area contributed by atoms with Crippen LogP contribution in [0, 0.1) is 6.92 Å². The highest BCUT2D eigenvalue weighted by atomic mass is 14.9. The summed E-state index contributed by atoms with van der Waals surface area (Å²) >= 11 is 0. The maximum atomic E-state index is 3.33. The SMILES string of the molecule is Cc1ccc(C2=CC=CCN2)cc1. The molecule has 0 radical (unpaired) electrons. The van der Waals surface area contributed by atoms with Crippen LogP contribution in [0.3, 0.4) is 0 Å². The number of hydrogen-bond donors (Lipinski definition) is 1. The van der Waals surface area contributed by atoms with Crippen molar-refractivity contribution in [1.29, 1.82) is 0 Å². The van der Waals surface area contributed by atoms with E-state index in [2.05, 4.69) is 54.7 Å². The van der Waals surface area contributed by atoms with Crippen LogP contribution in [-0.4, -0.2) is 6.54 Å². The third kappa shape index (κ3) is 1.81. The Kier molecular flexibility index (Phi) is 2.17. The first-order valence-electron chi connectivity index (χ1n) is 4.54. The van der Waals surface area contributed by atoms with E-state index in [4.69, 9.17) is 0 Å². The van der Waals surface area contributed by atoms with Crippen LogP contribution in [0.25, 0.3) is 5.70 Å². The summed E-state index contributed by atoms with van der Waals surface area (Å²) in [6.45, 7) is 3.03. The van der Waals surface area contributed by atoms with Crippen LogP contribution in [0.15, 0.2) is 42.5 Å². The molecule has 1 aliphatic heterocycles. The van der Waals surface area contributed by atoms with Gasteiger partial charge in [-0.1, -0.05) is 42.0 Å². The lowest BCUT2D eigenvalue weighted by molar-refractivity contribution is 0.995. The van der Waals surface area contributed by atoms with E-state index >= 15 is 0 Å². The second-order valence-corrected chi connectivity index (χ2v) is 3.26. The molecule has 0 amide bonds. The minimum atomic E-state index is 0.930. The molecule has 0 unspecified atom stereocenters. The maximum Gasteiger partial charge on any atom is 0.0416 e. The number of nitrogens with one attached hydrogen (secondary N) is 1. The van der Waals surface area contributed by atoms with Gasteiger partial charge in [-0.05, 0) is 18.6 Å². The number of benzene rings is 1. The van der Waals surface area contributed by atoms with Crippen LogP contribution < -0.4 is 5.32 Å². The van der Waals surface area contributed by atoms with Crippen molar-refractivity contribution in [1.82, 2.24) is 5.32 Å². The van der Waals surface area contributed by atoms with E-state index in [-0.39, 0.29) is 0 Å². The third-order valence-corrected chi connectivity index (χ3v) is 2.17. The molecule has 0 aliphatic carbocycles. The minimum Gasteiger partial charge on any atom is -0.381 e. The smallest absolute Gasteiger partial charge is 0.0416 e. The fourth-order valence-corrected chi connectivity index (χ4v) is 1.39. The van der Waals surface area contributed by atoms with Gasteiger partial charge in [0.1, 0.15) is 0 Å². The van der Waals surface area contributed by atoms with Crippen LogP contribution in [0.5, 0.6) is 0 Å². The van der Waals surface area contributed by atoms with Gasteiger partial charge >= 0.3 is 0 Å². The van der Waals surface area contributed by atoms with Gasteiger partial charge in [-0.25, -0.2) is 0 Å². The van der Waals surface area contributed by atoms with E-state index < -0.39 is 0 Å². The van der Waals surface area contributed by atoms with Crippen LogP contribution in [0.1, 0.15) is 11.1 Å². The molecule has 0 atom stereocenters. The van der Waals surface area contributed by atoms with Crippen LogP contribution >= 0.6 is 0 Å². The van der Waals surface area contributed by atoms with Crippen molar-refractivity contribution in [3.63, 3.8) is 0 Å². The lowest BCUT2D eigenvalue weighted by Crippen LogP contribution is -2.14. The highest BCUT2D eigenvalue weighted by Gasteiger charge is 2.00. The van der Waals surface area contributed by atoms with Gasteiger partial charge in [0, 0.05) is 12.2 Å². The first-order valence-corrected chi connectivity index (χ1v) is 4.54. The van der Waals surface area contributed by atoms with Crippen LogP contribution in [0.4, 0.5) is 0 Å². The summed E-state index contributed by atoms with van der Waals surface area (Å²) in [5, 5.41) is 3.33. The first kappa shape index (κ1) is 8.11. The topological polar surface area (TPSA) is 12.0 Å². The van der Waals surface area contributed by atoms with Gasteiger partial charge < -0.3 is 5.32 Å². The molecule has 0 bridgehead atoms. The van der Waals surface area contributed by atoms with Crippen molar-refractivity contribution in [3.05, 3.63) is 53.6 Å². The third-order valence-electron chi connectivity index (χ3n) is 2.17. The van der Waals surface area contributed by atoms with E-state index in [1.54, 1.807) is 0 Å². The molecule has 0 spiro atoms. The Labute approximate surface area is 78.8 Å². The van der Waals surface area contributed by atoms with Crippen molar-refractivity contribution < 1.29 is 0 Å². The highest BCUT2D eigenvalue weighted by Crippen LogP contribution is 2.13. The van der Waals surface area contributed by atoms with Crippen molar-refractivity contribution in [2.75, 3.05) is 6.54 Å². The zero-order valence-corrected chi connectivity index (χ0v) is 7.75. The fourth-order valence-electron chi connectivity index (χ4n) is 1.39. The second-order valence-electron chi connectivity index (χ2n) is 3.26. The molecule has 0 saturated carbocycles. The number of dihydropyridines is 1. The predicted octanol–water partition coefficient (Wildman–Crippen LogP) is 2.50. The Hall–Kier alpha value is -1.50. The molecule has 1 aromatic rings. The predicted molar refractivity (Wildman–Crippen MR) is 56.3 cm³/mol. The van der Waals surface area contributed by atoms with E-state index in [9.17, 15) is 0 Å². The molecular weight excluding hydrogens is 158 g/mol. The van der Waals surface area contributed by atoms with Crippen molar-refractivity contribution >= 4 is 5.70 Å². The van der Waals surface area contributed by atoms with E-state index in [1.807, 2.05) is 0 Å². The molecule has 13 heavy (non-hydrogen) atoms. The molecular formula is C12H13N. The van der Waals surface area contributed by atoms with E-state index in [0.717, 1.165) is 6.54 Å². The molecule has 1 heteroatoms. The summed E-state index contributed by atoms with van der Waals surface area (Å²) < 4.78 is 0. The molecule has 2 rings (SSSR count). The molecule has 0 fully saturated rings. The van der Waals surface area contributed by atoms with Crippen molar-refractivity contribution in [2.24, 2.45) is 0 Å². The molecule has 1 aromatic carbocycles. The van der Waals surface area contributed by atoms with Gasteiger partial charge in [0.15, 0.2) is 0 Å². The normalized spacial score (nSPS) is 15.0. The van der Waals surface area contributed by atoms with Gasteiger partial charge in [0.25, 0.3) is 0 Å². The molecule has 1 heterocycles. The summed E-state index contributed by atoms with van der Waals surface area (Å²) in [5.74, 6) is 0. The lowest BCUT2D eigenvalue weighted by Gasteiger charge is -2.12. The number of aryl methyl sites for hydroxylation is 1. The Morgan fingerprint density at radius 1 is 1.15 bits per heavy atom. The van der Waals surface area contributed by atoms with E-state index in [0.29, 0.717) is 0 Å². The molecule has 66 valence electrons. The summed E-state index contributed by atoms with van der Waals surface area (Å²) in [5.41, 5.74) is 3.77. The number of hydrogen-bond acceptors (Lipinski definition) is 1. The average Bonchev–Trinajstić information content (AvgIpc) is 2.20. The number of allylic oxidation sites excluding steroid dienone is 2. The largest absolute Gasteiger partial charge is 0.381 e. The average molecular weight is 171 g/mol. The number of rotatable bonds is 1. The minimum absolute atomic E-state index is 0.930. The quantitative estimate of drug-likeness (QED) is 0.684. The zero-order chi connectivity index (χ0) is 9.10. The van der Waals surface area contributed by atoms with Gasteiger partial charge in [-0.2, -0.15) is 0 Å². The molecule has 1 nitrogen and oxygen atoms in total. The molecule has 0 saturated heterocycles. The summed E-state index contributed by atoms with van der Waals surface area (Å²) in [7, 11) is 0. The molecule has 1 aliphatic rings. The molecule has 0 aromatic heterocycles. The Balaban J connectivity index is 2.30. The Morgan fingerprint density at radius 3 is 2.54 bits per heavy atom. The maximum absolute atomic E-state index is 3.33. The second kappa shape index (κ2) is 3.48. The monoisotopic (exact) mass is 171 g/mol. The van der Waals surface area contributed by atoms with Crippen LogP contribution in [-0.2, 0) is 0 Å². The van der Waals surface area contributed by atoms with Gasteiger partial charge in [-0.15, -0.1) is 0 Å². The van der Waals surface area contributed by atoms with Gasteiger partial charge in [0.05, 0.1) is 0 Å².